The first kappa shape index (κ1) is 17.1. The number of alkyl halides is 4. The zero-order valence-electron chi connectivity index (χ0n) is 12.1. The fraction of sp³-hybridized carbons (Fsp3) is 0.692. The standard InChI is InChI=1S/C13H17ClF3N3O2/c1-12(2-3-22-9-12)8-19(11(21)4-14)6-10-5-18-20(7-10)13(15,16)17/h5,7H,2-4,6,8-9H2,1H3. The summed E-state index contributed by atoms with van der Waals surface area (Å²) < 4.78 is 42.9. The molecule has 22 heavy (non-hydrogen) atoms. The number of hydrogen-bond donors (Lipinski definition) is 0. The number of ether oxygens (including phenoxy) is 1. The van der Waals surface area contributed by atoms with Gasteiger partial charge in [-0.1, -0.05) is 6.92 Å². The molecular weight excluding hydrogens is 323 g/mol. The minimum atomic E-state index is -4.56. The lowest BCUT2D eigenvalue weighted by Crippen LogP contribution is -2.40. The van der Waals surface area contributed by atoms with E-state index in [-0.39, 0.29) is 28.4 Å². The Balaban J connectivity index is 2.09. The highest BCUT2D eigenvalue weighted by molar-refractivity contribution is 6.27. The molecule has 1 saturated heterocycles. The first-order chi connectivity index (χ1) is 10.2. The van der Waals surface area contributed by atoms with E-state index < -0.39 is 6.30 Å². The van der Waals surface area contributed by atoms with Crippen molar-refractivity contribution in [1.82, 2.24) is 14.7 Å². The minimum Gasteiger partial charge on any atom is -0.381 e. The summed E-state index contributed by atoms with van der Waals surface area (Å²) >= 11 is 5.60. The van der Waals surface area contributed by atoms with Crippen LogP contribution in [0.3, 0.4) is 0 Å². The summed E-state index contributed by atoms with van der Waals surface area (Å²) in [6, 6.07) is 0. The van der Waals surface area contributed by atoms with Gasteiger partial charge in [0.2, 0.25) is 5.91 Å². The van der Waals surface area contributed by atoms with Gasteiger partial charge < -0.3 is 9.64 Å². The lowest BCUT2D eigenvalue weighted by Gasteiger charge is -2.31. The van der Waals surface area contributed by atoms with Gasteiger partial charge in [0.25, 0.3) is 0 Å². The van der Waals surface area contributed by atoms with Crippen molar-refractivity contribution in [3.05, 3.63) is 18.0 Å². The largest absolute Gasteiger partial charge is 0.504 e. The normalized spacial score (nSPS) is 22.0. The van der Waals surface area contributed by atoms with Crippen LogP contribution in [-0.2, 0) is 22.4 Å². The van der Waals surface area contributed by atoms with Gasteiger partial charge in [-0.25, -0.2) is 0 Å². The first-order valence-corrected chi connectivity index (χ1v) is 7.29. The zero-order chi connectivity index (χ0) is 16.4. The fourth-order valence-corrected chi connectivity index (χ4v) is 2.58. The summed E-state index contributed by atoms with van der Waals surface area (Å²) in [6.45, 7) is 3.53. The number of carbonyl (C=O) groups excluding carboxylic acids is 1. The van der Waals surface area contributed by atoms with Crippen LogP contribution < -0.4 is 0 Å². The highest BCUT2D eigenvalue weighted by Crippen LogP contribution is 2.29. The Morgan fingerprint density at radius 2 is 2.32 bits per heavy atom. The van der Waals surface area contributed by atoms with Crippen molar-refractivity contribution in [1.29, 1.82) is 0 Å². The molecule has 1 aliphatic heterocycles. The molecule has 1 aromatic rings. The summed E-state index contributed by atoms with van der Waals surface area (Å²) in [5.74, 6) is -0.542. The van der Waals surface area contributed by atoms with E-state index in [1.807, 2.05) is 6.92 Å². The molecule has 0 saturated carbocycles. The smallest absolute Gasteiger partial charge is 0.381 e. The van der Waals surface area contributed by atoms with Gasteiger partial charge in [0.15, 0.2) is 0 Å². The molecule has 5 nitrogen and oxygen atoms in total. The van der Waals surface area contributed by atoms with E-state index in [0.29, 0.717) is 25.3 Å². The topological polar surface area (TPSA) is 47.4 Å². The van der Waals surface area contributed by atoms with Crippen LogP contribution in [-0.4, -0.2) is 46.2 Å². The van der Waals surface area contributed by atoms with Crippen LogP contribution in [0.25, 0.3) is 0 Å². The Morgan fingerprint density at radius 3 is 2.82 bits per heavy atom. The fourth-order valence-electron chi connectivity index (χ4n) is 2.41. The van der Waals surface area contributed by atoms with Gasteiger partial charge in [0.05, 0.1) is 12.8 Å². The number of amides is 1. The Morgan fingerprint density at radius 1 is 1.59 bits per heavy atom. The number of rotatable bonds is 5. The van der Waals surface area contributed by atoms with E-state index in [0.717, 1.165) is 18.8 Å². The second-order valence-corrected chi connectivity index (χ2v) is 6.02. The van der Waals surface area contributed by atoms with E-state index in [1.54, 1.807) is 0 Å². The maximum atomic E-state index is 12.5. The molecule has 1 unspecified atom stereocenters. The summed E-state index contributed by atoms with van der Waals surface area (Å²) in [5.41, 5.74) is 0.0974. The molecular formula is C13H17ClF3N3O2. The van der Waals surface area contributed by atoms with Gasteiger partial charge >= 0.3 is 6.30 Å². The van der Waals surface area contributed by atoms with Crippen molar-refractivity contribution < 1.29 is 22.7 Å². The average Bonchev–Trinajstić information content (AvgIpc) is 3.06. The molecule has 2 heterocycles. The van der Waals surface area contributed by atoms with Crippen LogP contribution in [0.5, 0.6) is 0 Å². The number of aromatic nitrogens is 2. The summed E-state index contributed by atoms with van der Waals surface area (Å²) in [7, 11) is 0. The lowest BCUT2D eigenvalue weighted by atomic mass is 9.89. The number of carbonyl (C=O) groups is 1. The predicted molar refractivity (Wildman–Crippen MR) is 73.2 cm³/mol. The Hall–Kier alpha value is -1.28. The van der Waals surface area contributed by atoms with Crippen molar-refractivity contribution in [2.75, 3.05) is 25.6 Å². The predicted octanol–water partition coefficient (Wildman–Crippen LogP) is 2.35. The molecule has 1 aliphatic rings. The molecule has 1 fully saturated rings. The molecule has 1 aromatic heterocycles. The molecule has 0 aromatic carbocycles. The van der Waals surface area contributed by atoms with Crippen molar-refractivity contribution in [2.45, 2.75) is 26.2 Å². The third kappa shape index (κ3) is 4.13. The van der Waals surface area contributed by atoms with Gasteiger partial charge in [-0.15, -0.1) is 24.8 Å². The Bertz CT molecular complexity index is 527. The Labute approximate surface area is 131 Å². The maximum Gasteiger partial charge on any atom is 0.504 e. The first-order valence-electron chi connectivity index (χ1n) is 6.76. The van der Waals surface area contributed by atoms with Crippen molar-refractivity contribution in [3.8, 4) is 0 Å². The highest BCUT2D eigenvalue weighted by atomic mass is 35.5. The SMILES string of the molecule is CC1(CN(Cc2cnn(C(F)(F)F)c2)C(=O)CCl)CCOC1. The average molecular weight is 340 g/mol. The van der Waals surface area contributed by atoms with E-state index in [4.69, 9.17) is 16.3 Å². The van der Waals surface area contributed by atoms with E-state index in [2.05, 4.69) is 5.10 Å². The van der Waals surface area contributed by atoms with Gasteiger partial charge in [-0.2, -0.15) is 9.78 Å². The van der Waals surface area contributed by atoms with Crippen molar-refractivity contribution >= 4 is 17.5 Å². The summed E-state index contributed by atoms with van der Waals surface area (Å²) in [4.78, 5) is 13.4. The summed E-state index contributed by atoms with van der Waals surface area (Å²) in [5, 5.41) is 3.27. The highest BCUT2D eigenvalue weighted by Gasteiger charge is 2.34. The molecule has 2 rings (SSSR count). The second kappa shape index (κ2) is 6.45. The summed E-state index contributed by atoms with van der Waals surface area (Å²) in [6.07, 6.45) is -1.79. The minimum absolute atomic E-state index is 0.0389. The lowest BCUT2D eigenvalue weighted by molar-refractivity contribution is -0.212. The van der Waals surface area contributed by atoms with E-state index >= 15 is 0 Å². The number of nitrogens with zero attached hydrogens (tertiary/aromatic N) is 3. The molecule has 0 spiro atoms. The second-order valence-electron chi connectivity index (χ2n) is 5.76. The number of halogens is 4. The molecule has 1 atom stereocenters. The monoisotopic (exact) mass is 339 g/mol. The molecule has 9 heteroatoms. The zero-order valence-corrected chi connectivity index (χ0v) is 12.8. The molecule has 0 bridgehead atoms. The van der Waals surface area contributed by atoms with Crippen LogP contribution in [0.15, 0.2) is 12.4 Å². The van der Waals surface area contributed by atoms with Crippen LogP contribution in [0.2, 0.25) is 0 Å². The van der Waals surface area contributed by atoms with Crippen LogP contribution in [0, 0.1) is 5.41 Å². The van der Waals surface area contributed by atoms with E-state index in [1.165, 1.54) is 4.90 Å². The van der Waals surface area contributed by atoms with Crippen molar-refractivity contribution in [2.24, 2.45) is 5.41 Å². The van der Waals surface area contributed by atoms with Gasteiger partial charge in [0, 0.05) is 36.9 Å². The molecule has 0 N–H and O–H groups in total. The maximum absolute atomic E-state index is 12.5. The van der Waals surface area contributed by atoms with Gasteiger partial charge in [-0.05, 0) is 6.42 Å². The van der Waals surface area contributed by atoms with Crippen LogP contribution in [0.1, 0.15) is 18.9 Å². The van der Waals surface area contributed by atoms with Crippen molar-refractivity contribution in [3.63, 3.8) is 0 Å². The number of hydrogen-bond acceptors (Lipinski definition) is 3. The third-order valence-electron chi connectivity index (χ3n) is 3.61. The Kier molecular flexibility index (Phi) is 5.01. The van der Waals surface area contributed by atoms with Crippen LogP contribution >= 0.6 is 11.6 Å². The van der Waals surface area contributed by atoms with Gasteiger partial charge in [-0.3, -0.25) is 4.79 Å². The molecule has 124 valence electrons. The molecule has 1 amide bonds. The third-order valence-corrected chi connectivity index (χ3v) is 3.84. The van der Waals surface area contributed by atoms with Crippen LogP contribution in [0.4, 0.5) is 13.2 Å². The van der Waals surface area contributed by atoms with E-state index in [9.17, 15) is 18.0 Å². The quantitative estimate of drug-likeness (QED) is 0.774. The molecule has 0 aliphatic carbocycles. The van der Waals surface area contributed by atoms with Gasteiger partial charge in [0.1, 0.15) is 5.88 Å². The molecule has 0 radical (unpaired) electrons.